The van der Waals surface area contributed by atoms with Crippen molar-refractivity contribution in [3.8, 4) is 0 Å². The van der Waals surface area contributed by atoms with Crippen LogP contribution in [0.15, 0.2) is 12.4 Å². The molecule has 114 valence electrons. The number of piperidine rings is 1. The summed E-state index contributed by atoms with van der Waals surface area (Å²) in [6, 6.07) is 0. The quantitative estimate of drug-likeness (QED) is 0.918. The molecule has 1 saturated carbocycles. The number of anilines is 1. The van der Waals surface area contributed by atoms with Gasteiger partial charge in [0, 0.05) is 25.6 Å². The van der Waals surface area contributed by atoms with Gasteiger partial charge >= 0.3 is 0 Å². The van der Waals surface area contributed by atoms with E-state index in [0.717, 1.165) is 45.3 Å². The van der Waals surface area contributed by atoms with Crippen molar-refractivity contribution in [2.45, 2.75) is 32.1 Å². The van der Waals surface area contributed by atoms with Crippen molar-refractivity contribution in [2.24, 2.45) is 11.8 Å². The fraction of sp³-hybridized carbons (Fsp3) is 0.667. The van der Waals surface area contributed by atoms with Gasteiger partial charge in [-0.25, -0.2) is 14.4 Å². The summed E-state index contributed by atoms with van der Waals surface area (Å²) in [5.41, 5.74) is 0. The summed E-state index contributed by atoms with van der Waals surface area (Å²) in [7, 11) is 0. The van der Waals surface area contributed by atoms with Crippen molar-refractivity contribution in [1.29, 1.82) is 0 Å². The van der Waals surface area contributed by atoms with E-state index in [2.05, 4.69) is 20.2 Å². The van der Waals surface area contributed by atoms with Crippen molar-refractivity contribution >= 4 is 11.9 Å². The predicted octanol–water partition coefficient (Wildman–Crippen LogP) is 1.75. The van der Waals surface area contributed by atoms with Crippen LogP contribution >= 0.6 is 0 Å². The Kier molecular flexibility index (Phi) is 4.31. The summed E-state index contributed by atoms with van der Waals surface area (Å²) < 4.78 is 12.8. The van der Waals surface area contributed by atoms with Gasteiger partial charge in [0.2, 0.25) is 11.9 Å². The minimum absolute atomic E-state index is 0.227. The third-order valence-corrected chi connectivity index (χ3v) is 4.55. The van der Waals surface area contributed by atoms with Crippen LogP contribution in [0.25, 0.3) is 0 Å². The minimum Gasteiger partial charge on any atom is -0.356 e. The minimum atomic E-state index is -0.410. The van der Waals surface area contributed by atoms with E-state index >= 15 is 0 Å². The number of amides is 1. The van der Waals surface area contributed by atoms with E-state index in [-0.39, 0.29) is 11.8 Å². The molecule has 0 atom stereocenters. The first kappa shape index (κ1) is 14.2. The molecule has 1 amide bonds. The summed E-state index contributed by atoms with van der Waals surface area (Å²) in [4.78, 5) is 21.9. The maximum atomic E-state index is 12.8. The molecular weight excluding hydrogens is 271 g/mol. The van der Waals surface area contributed by atoms with Crippen LogP contribution in [0.4, 0.5) is 10.3 Å². The first-order valence-corrected chi connectivity index (χ1v) is 7.72. The van der Waals surface area contributed by atoms with E-state index in [1.54, 1.807) is 0 Å². The molecule has 1 N–H and O–H groups in total. The molecule has 5 nitrogen and oxygen atoms in total. The van der Waals surface area contributed by atoms with Crippen molar-refractivity contribution in [3.63, 3.8) is 0 Å². The molecule has 21 heavy (non-hydrogen) atoms. The number of carbonyl (C=O) groups excluding carboxylic acids is 1. The number of nitrogens with one attached hydrogen (secondary N) is 1. The predicted molar refractivity (Wildman–Crippen MR) is 77.3 cm³/mol. The van der Waals surface area contributed by atoms with Gasteiger partial charge in [-0.15, -0.1) is 0 Å². The van der Waals surface area contributed by atoms with Crippen LogP contribution in [-0.4, -0.2) is 35.5 Å². The lowest BCUT2D eigenvalue weighted by Crippen LogP contribution is -2.41. The molecule has 6 heteroatoms. The SMILES string of the molecule is O=C(NCC1CCN(c2ncc(F)cn2)CC1)C1CCC1. The molecule has 0 aromatic carbocycles. The van der Waals surface area contributed by atoms with E-state index in [1.165, 1.54) is 18.8 Å². The Morgan fingerprint density at radius 3 is 2.48 bits per heavy atom. The normalized spacial score (nSPS) is 20.1. The summed E-state index contributed by atoms with van der Waals surface area (Å²) in [5, 5.41) is 3.08. The topological polar surface area (TPSA) is 58.1 Å². The molecule has 1 aromatic heterocycles. The molecule has 0 spiro atoms. The molecule has 0 unspecified atom stereocenters. The van der Waals surface area contributed by atoms with Crippen LogP contribution in [0.3, 0.4) is 0 Å². The summed E-state index contributed by atoms with van der Waals surface area (Å²) >= 11 is 0. The number of aromatic nitrogens is 2. The molecule has 0 radical (unpaired) electrons. The van der Waals surface area contributed by atoms with E-state index < -0.39 is 5.82 Å². The number of halogens is 1. The van der Waals surface area contributed by atoms with E-state index in [1.807, 2.05) is 0 Å². The standard InChI is InChI=1S/C15H21FN4O/c16-13-9-18-15(19-10-13)20-6-4-11(5-7-20)8-17-14(21)12-2-1-3-12/h9-12H,1-8H2,(H,17,21). The number of rotatable bonds is 4. The maximum absolute atomic E-state index is 12.8. The van der Waals surface area contributed by atoms with Gasteiger partial charge in [-0.3, -0.25) is 4.79 Å². The Balaban J connectivity index is 1.42. The Labute approximate surface area is 124 Å². The van der Waals surface area contributed by atoms with Gasteiger partial charge in [-0.2, -0.15) is 0 Å². The second-order valence-electron chi connectivity index (χ2n) is 6.00. The van der Waals surface area contributed by atoms with E-state index in [9.17, 15) is 9.18 Å². The number of carbonyl (C=O) groups is 1. The van der Waals surface area contributed by atoms with Crippen molar-refractivity contribution < 1.29 is 9.18 Å². The van der Waals surface area contributed by atoms with Gasteiger partial charge in [0.25, 0.3) is 0 Å². The molecule has 1 aromatic rings. The van der Waals surface area contributed by atoms with Gasteiger partial charge in [-0.1, -0.05) is 6.42 Å². The van der Waals surface area contributed by atoms with Gasteiger partial charge < -0.3 is 10.2 Å². The van der Waals surface area contributed by atoms with Crippen LogP contribution in [0.2, 0.25) is 0 Å². The smallest absolute Gasteiger partial charge is 0.225 e. The van der Waals surface area contributed by atoms with Crippen LogP contribution in [0.5, 0.6) is 0 Å². The van der Waals surface area contributed by atoms with Crippen LogP contribution in [0.1, 0.15) is 32.1 Å². The lowest BCUT2D eigenvalue weighted by molar-refractivity contribution is -0.127. The molecule has 2 fully saturated rings. The number of hydrogen-bond donors (Lipinski definition) is 1. The second kappa shape index (κ2) is 6.37. The highest BCUT2D eigenvalue weighted by molar-refractivity contribution is 5.79. The fourth-order valence-corrected chi connectivity index (χ4v) is 2.87. The second-order valence-corrected chi connectivity index (χ2v) is 6.00. The monoisotopic (exact) mass is 292 g/mol. The lowest BCUT2D eigenvalue weighted by atomic mass is 9.84. The molecule has 3 rings (SSSR count). The van der Waals surface area contributed by atoms with Crippen LogP contribution in [-0.2, 0) is 4.79 Å². The van der Waals surface area contributed by atoms with Crippen LogP contribution in [0, 0.1) is 17.7 Å². The molecule has 1 aliphatic heterocycles. The molecule has 2 heterocycles. The Morgan fingerprint density at radius 1 is 1.24 bits per heavy atom. The molecule has 1 aliphatic carbocycles. The zero-order chi connectivity index (χ0) is 14.7. The zero-order valence-electron chi connectivity index (χ0n) is 12.1. The Bertz CT molecular complexity index is 481. The van der Waals surface area contributed by atoms with Gasteiger partial charge in [-0.05, 0) is 31.6 Å². The third kappa shape index (κ3) is 3.49. The summed E-state index contributed by atoms with van der Waals surface area (Å²) in [6.07, 6.45) is 7.70. The van der Waals surface area contributed by atoms with Gasteiger partial charge in [0.1, 0.15) is 0 Å². The molecule has 0 bridgehead atoms. The van der Waals surface area contributed by atoms with Crippen molar-refractivity contribution in [1.82, 2.24) is 15.3 Å². The first-order valence-electron chi connectivity index (χ1n) is 7.72. The highest BCUT2D eigenvalue weighted by atomic mass is 19.1. The first-order chi connectivity index (χ1) is 10.2. The summed E-state index contributed by atoms with van der Waals surface area (Å²) in [5.74, 6) is 1.19. The maximum Gasteiger partial charge on any atom is 0.225 e. The average molecular weight is 292 g/mol. The van der Waals surface area contributed by atoms with E-state index in [4.69, 9.17) is 0 Å². The Morgan fingerprint density at radius 2 is 1.90 bits per heavy atom. The zero-order valence-corrected chi connectivity index (χ0v) is 12.1. The molecule has 1 saturated heterocycles. The lowest BCUT2D eigenvalue weighted by Gasteiger charge is -2.32. The van der Waals surface area contributed by atoms with Crippen molar-refractivity contribution in [2.75, 3.05) is 24.5 Å². The summed E-state index contributed by atoms with van der Waals surface area (Å²) in [6.45, 7) is 2.48. The number of hydrogen-bond acceptors (Lipinski definition) is 4. The Hall–Kier alpha value is -1.72. The van der Waals surface area contributed by atoms with Crippen LogP contribution < -0.4 is 10.2 Å². The largest absolute Gasteiger partial charge is 0.356 e. The highest BCUT2D eigenvalue weighted by Gasteiger charge is 2.26. The van der Waals surface area contributed by atoms with Gasteiger partial charge in [0.05, 0.1) is 12.4 Å². The number of nitrogens with zero attached hydrogens (tertiary/aromatic N) is 3. The molecule has 2 aliphatic rings. The fourth-order valence-electron chi connectivity index (χ4n) is 2.87. The third-order valence-electron chi connectivity index (χ3n) is 4.55. The molecular formula is C15H21FN4O. The van der Waals surface area contributed by atoms with Gasteiger partial charge in [0.15, 0.2) is 5.82 Å². The average Bonchev–Trinajstić information content (AvgIpc) is 2.45. The van der Waals surface area contributed by atoms with E-state index in [0.29, 0.717) is 11.9 Å². The highest BCUT2D eigenvalue weighted by Crippen LogP contribution is 2.26. The van der Waals surface area contributed by atoms with Crippen molar-refractivity contribution in [3.05, 3.63) is 18.2 Å².